The van der Waals surface area contributed by atoms with Crippen molar-refractivity contribution in [2.75, 3.05) is 7.11 Å². The van der Waals surface area contributed by atoms with E-state index >= 15 is 0 Å². The highest BCUT2D eigenvalue weighted by molar-refractivity contribution is 5.95. The second-order valence-electron chi connectivity index (χ2n) is 6.82. The van der Waals surface area contributed by atoms with Gasteiger partial charge < -0.3 is 15.0 Å². The molecule has 0 saturated carbocycles. The number of carbonyl (C=O) groups is 1. The molecule has 0 spiro atoms. The summed E-state index contributed by atoms with van der Waals surface area (Å²) in [4.78, 5) is 11.8. The van der Waals surface area contributed by atoms with Gasteiger partial charge in [0.1, 0.15) is 5.75 Å². The molecule has 0 aliphatic carbocycles. The van der Waals surface area contributed by atoms with Crippen molar-refractivity contribution in [1.29, 1.82) is 0 Å². The molecule has 1 amide bonds. The largest absolute Gasteiger partial charge is 0.497 e. The predicted octanol–water partition coefficient (Wildman–Crippen LogP) is 4.57. The van der Waals surface area contributed by atoms with Gasteiger partial charge in [0.05, 0.1) is 12.7 Å². The first-order valence-corrected chi connectivity index (χ1v) is 8.51. The number of nitrogens with zero attached hydrogens (tertiary/aromatic N) is 1. The number of rotatable bonds is 7. The third-order valence-corrected chi connectivity index (χ3v) is 4.53. The molecule has 1 aromatic carbocycles. The standard InChI is InChI=1S/C20H28N2O2/c1-13(2)9-10-14(3)22-15(4)18(20(21)23)12-19(22)16-7-6-8-17(11-16)24-5/h6-8,11-14H,9-10H2,1-5H3,(H2,21,23). The van der Waals surface area contributed by atoms with Gasteiger partial charge in [0.25, 0.3) is 5.91 Å². The van der Waals surface area contributed by atoms with Crippen LogP contribution in [0.4, 0.5) is 0 Å². The number of benzene rings is 1. The number of primary amides is 1. The third-order valence-electron chi connectivity index (χ3n) is 4.53. The number of nitrogens with two attached hydrogens (primary N) is 1. The Labute approximate surface area is 144 Å². The molecular weight excluding hydrogens is 300 g/mol. The summed E-state index contributed by atoms with van der Waals surface area (Å²) in [6.45, 7) is 8.62. The monoisotopic (exact) mass is 328 g/mol. The maximum atomic E-state index is 11.8. The number of methoxy groups -OCH3 is 1. The van der Waals surface area contributed by atoms with Gasteiger partial charge in [0.15, 0.2) is 0 Å². The molecule has 0 radical (unpaired) electrons. The average Bonchev–Trinajstić information content (AvgIpc) is 2.90. The summed E-state index contributed by atoms with van der Waals surface area (Å²) in [6, 6.07) is 10.1. The Bertz CT molecular complexity index is 716. The molecule has 0 saturated heterocycles. The topological polar surface area (TPSA) is 57.2 Å². The van der Waals surface area contributed by atoms with E-state index in [0.717, 1.165) is 35.5 Å². The molecule has 1 atom stereocenters. The van der Waals surface area contributed by atoms with Gasteiger partial charge in [-0.05, 0) is 50.8 Å². The highest BCUT2D eigenvalue weighted by Gasteiger charge is 2.20. The summed E-state index contributed by atoms with van der Waals surface area (Å²) >= 11 is 0. The number of hydrogen-bond donors (Lipinski definition) is 1. The number of aromatic nitrogens is 1. The van der Waals surface area contributed by atoms with E-state index in [0.29, 0.717) is 17.5 Å². The van der Waals surface area contributed by atoms with E-state index in [1.165, 1.54) is 0 Å². The number of ether oxygens (including phenoxy) is 1. The zero-order valence-corrected chi connectivity index (χ0v) is 15.3. The van der Waals surface area contributed by atoms with Crippen molar-refractivity contribution in [2.45, 2.75) is 46.6 Å². The lowest BCUT2D eigenvalue weighted by Crippen LogP contribution is -2.14. The molecule has 4 nitrogen and oxygen atoms in total. The Balaban J connectivity index is 2.52. The summed E-state index contributed by atoms with van der Waals surface area (Å²) in [5.41, 5.74) is 9.13. The van der Waals surface area contributed by atoms with E-state index in [1.54, 1.807) is 7.11 Å². The molecule has 0 fully saturated rings. The van der Waals surface area contributed by atoms with Crippen molar-refractivity contribution in [3.05, 3.63) is 41.6 Å². The molecule has 0 aliphatic heterocycles. The minimum Gasteiger partial charge on any atom is -0.497 e. The van der Waals surface area contributed by atoms with Gasteiger partial charge >= 0.3 is 0 Å². The van der Waals surface area contributed by atoms with Gasteiger partial charge in [-0.2, -0.15) is 0 Å². The van der Waals surface area contributed by atoms with Crippen LogP contribution in [0, 0.1) is 12.8 Å². The van der Waals surface area contributed by atoms with Crippen LogP contribution in [0.1, 0.15) is 55.7 Å². The maximum absolute atomic E-state index is 11.8. The van der Waals surface area contributed by atoms with Crippen LogP contribution < -0.4 is 10.5 Å². The summed E-state index contributed by atoms with van der Waals surface area (Å²) in [5.74, 6) is 1.07. The molecule has 2 rings (SSSR count). The Kier molecular flexibility index (Phi) is 5.71. The van der Waals surface area contributed by atoms with Crippen molar-refractivity contribution in [3.63, 3.8) is 0 Å². The predicted molar refractivity (Wildman–Crippen MR) is 98.5 cm³/mol. The van der Waals surface area contributed by atoms with Crippen molar-refractivity contribution in [2.24, 2.45) is 11.7 Å². The van der Waals surface area contributed by atoms with Crippen molar-refractivity contribution in [3.8, 4) is 17.0 Å². The first-order chi connectivity index (χ1) is 11.3. The SMILES string of the molecule is COc1cccc(-c2cc(C(N)=O)c(C)n2C(C)CCC(C)C)c1. The van der Waals surface area contributed by atoms with E-state index in [4.69, 9.17) is 10.5 Å². The van der Waals surface area contributed by atoms with Crippen molar-refractivity contribution in [1.82, 2.24) is 4.57 Å². The summed E-state index contributed by atoms with van der Waals surface area (Å²) in [5, 5.41) is 0. The van der Waals surface area contributed by atoms with Crippen LogP contribution in [-0.2, 0) is 0 Å². The van der Waals surface area contributed by atoms with E-state index < -0.39 is 0 Å². The molecule has 0 aliphatic rings. The van der Waals surface area contributed by atoms with Gasteiger partial charge in [0, 0.05) is 23.0 Å². The Morgan fingerprint density at radius 2 is 1.92 bits per heavy atom. The first kappa shape index (κ1) is 18.1. The lowest BCUT2D eigenvalue weighted by Gasteiger charge is -2.21. The van der Waals surface area contributed by atoms with Gasteiger partial charge in [-0.1, -0.05) is 26.0 Å². The average molecular weight is 328 g/mol. The maximum Gasteiger partial charge on any atom is 0.250 e. The van der Waals surface area contributed by atoms with Crippen molar-refractivity contribution < 1.29 is 9.53 Å². The minimum atomic E-state index is -0.383. The first-order valence-electron chi connectivity index (χ1n) is 8.51. The van der Waals surface area contributed by atoms with Crippen LogP contribution in [-0.4, -0.2) is 17.6 Å². The van der Waals surface area contributed by atoms with Crippen LogP contribution in [0.3, 0.4) is 0 Å². The van der Waals surface area contributed by atoms with Crippen molar-refractivity contribution >= 4 is 5.91 Å². The normalized spacial score (nSPS) is 12.4. The molecule has 24 heavy (non-hydrogen) atoms. The number of carbonyl (C=O) groups excluding carboxylic acids is 1. The number of hydrogen-bond acceptors (Lipinski definition) is 2. The molecule has 0 bridgehead atoms. The quantitative estimate of drug-likeness (QED) is 0.809. The van der Waals surface area contributed by atoms with Gasteiger partial charge in [-0.15, -0.1) is 0 Å². The second-order valence-corrected chi connectivity index (χ2v) is 6.82. The third kappa shape index (κ3) is 3.81. The molecular formula is C20H28N2O2. The fraction of sp³-hybridized carbons (Fsp3) is 0.450. The van der Waals surface area contributed by atoms with Gasteiger partial charge in [0.2, 0.25) is 0 Å². The van der Waals surface area contributed by atoms with E-state index in [-0.39, 0.29) is 5.91 Å². The molecule has 1 unspecified atom stereocenters. The van der Waals surface area contributed by atoms with Crippen LogP contribution >= 0.6 is 0 Å². The second kappa shape index (κ2) is 7.56. The lowest BCUT2D eigenvalue weighted by molar-refractivity contribution is 0.0999. The van der Waals surface area contributed by atoms with E-state index in [1.807, 2.05) is 37.3 Å². The molecule has 4 heteroatoms. The molecule has 2 N–H and O–H groups in total. The van der Waals surface area contributed by atoms with Gasteiger partial charge in [-0.25, -0.2) is 0 Å². The number of amides is 1. The van der Waals surface area contributed by atoms with Crippen LogP contribution in [0.2, 0.25) is 0 Å². The lowest BCUT2D eigenvalue weighted by atomic mass is 10.0. The summed E-state index contributed by atoms with van der Waals surface area (Å²) in [7, 11) is 1.66. The zero-order valence-electron chi connectivity index (χ0n) is 15.3. The highest BCUT2D eigenvalue weighted by Crippen LogP contribution is 2.33. The minimum absolute atomic E-state index is 0.293. The summed E-state index contributed by atoms with van der Waals surface area (Å²) < 4.78 is 7.57. The molecule has 130 valence electrons. The Morgan fingerprint density at radius 1 is 1.21 bits per heavy atom. The Hall–Kier alpha value is -2.23. The smallest absolute Gasteiger partial charge is 0.250 e. The molecule has 2 aromatic rings. The van der Waals surface area contributed by atoms with Crippen LogP contribution in [0.25, 0.3) is 11.3 Å². The summed E-state index contributed by atoms with van der Waals surface area (Å²) in [6.07, 6.45) is 2.20. The zero-order chi connectivity index (χ0) is 17.9. The van der Waals surface area contributed by atoms with Crippen LogP contribution in [0.15, 0.2) is 30.3 Å². The Morgan fingerprint density at radius 3 is 2.50 bits per heavy atom. The fourth-order valence-electron chi connectivity index (χ4n) is 3.15. The van der Waals surface area contributed by atoms with Gasteiger partial charge in [-0.3, -0.25) is 4.79 Å². The highest BCUT2D eigenvalue weighted by atomic mass is 16.5. The van der Waals surface area contributed by atoms with E-state index in [2.05, 4.69) is 25.3 Å². The van der Waals surface area contributed by atoms with E-state index in [9.17, 15) is 4.79 Å². The molecule has 1 heterocycles. The molecule has 1 aromatic heterocycles. The van der Waals surface area contributed by atoms with Crippen LogP contribution in [0.5, 0.6) is 5.75 Å². The fourth-order valence-corrected chi connectivity index (χ4v) is 3.15.